The highest BCUT2D eigenvalue weighted by molar-refractivity contribution is 6.36. The number of hydrazine groups is 1. The van der Waals surface area contributed by atoms with Gasteiger partial charge in [-0.1, -0.05) is 103 Å². The quantitative estimate of drug-likeness (QED) is 0.175. The summed E-state index contributed by atoms with van der Waals surface area (Å²) in [7, 11) is 0. The van der Waals surface area contributed by atoms with Crippen molar-refractivity contribution < 1.29 is 19.2 Å². The second-order valence-electron chi connectivity index (χ2n) is 11.1. The number of rotatable bonds is 5. The summed E-state index contributed by atoms with van der Waals surface area (Å²) < 4.78 is 0. The molecule has 1 heterocycles. The van der Waals surface area contributed by atoms with Gasteiger partial charge in [0, 0.05) is 6.42 Å². The number of hydrogen-bond acceptors (Lipinski definition) is 4. The van der Waals surface area contributed by atoms with Gasteiger partial charge in [0.25, 0.3) is 11.8 Å². The van der Waals surface area contributed by atoms with Crippen molar-refractivity contribution in [3.8, 4) is 0 Å². The van der Waals surface area contributed by atoms with E-state index in [0.29, 0.717) is 27.8 Å². The van der Waals surface area contributed by atoms with Crippen LogP contribution in [0.15, 0.2) is 103 Å². The number of carbonyl (C=O) groups is 4. The van der Waals surface area contributed by atoms with E-state index in [1.807, 2.05) is 54.6 Å². The van der Waals surface area contributed by atoms with Gasteiger partial charge in [0.05, 0.1) is 22.4 Å². The fraction of sp³-hybridized carbons (Fsp3) is 0.176. The van der Waals surface area contributed by atoms with Crippen LogP contribution in [0.1, 0.15) is 38.2 Å². The highest BCUT2D eigenvalue weighted by Crippen LogP contribution is 2.69. The summed E-state index contributed by atoms with van der Waals surface area (Å²) in [5.41, 5.74) is 8.28. The summed E-state index contributed by atoms with van der Waals surface area (Å²) in [6.45, 7) is 0. The lowest BCUT2D eigenvalue weighted by atomic mass is 9.54. The summed E-state index contributed by atoms with van der Waals surface area (Å²) in [6.07, 6.45) is -0.00394. The van der Waals surface area contributed by atoms with E-state index < -0.39 is 51.3 Å². The molecule has 4 aromatic carbocycles. The first kappa shape index (κ1) is 28.6. The average Bonchev–Trinajstić information content (AvgIpc) is 3.32. The number of alkyl halides is 2. The zero-order valence-electron chi connectivity index (χ0n) is 23.0. The Kier molecular flexibility index (Phi) is 6.81. The van der Waals surface area contributed by atoms with Gasteiger partial charge < -0.3 is 0 Å². The van der Waals surface area contributed by atoms with Crippen LogP contribution in [0.4, 0.5) is 0 Å². The molecule has 0 radical (unpaired) electrons. The Labute approximate surface area is 268 Å². The normalized spacial score (nSPS) is 25.1. The SMILES string of the molecule is O=C(NNC(=O)[C@H](Cc1ccccc1)N1C(=O)[C@@H]2[C@H](C1=O)C1(Cl)c3ccccc3C2(Cl)c2ccccc21)c1ccccc1Cl. The van der Waals surface area contributed by atoms with Crippen molar-refractivity contribution >= 4 is 58.4 Å². The molecule has 8 rings (SSSR count). The molecule has 4 aliphatic rings. The van der Waals surface area contributed by atoms with Crippen LogP contribution in [0.25, 0.3) is 0 Å². The van der Waals surface area contributed by atoms with Crippen LogP contribution in [-0.2, 0) is 30.6 Å². The zero-order valence-corrected chi connectivity index (χ0v) is 25.2. The Bertz CT molecular complexity index is 1740. The molecular weight excluding hydrogens is 621 g/mol. The molecule has 220 valence electrons. The lowest BCUT2D eigenvalue weighted by Crippen LogP contribution is -2.57. The summed E-state index contributed by atoms with van der Waals surface area (Å²) in [4.78, 5) is 54.0. The fourth-order valence-corrected chi connectivity index (χ4v) is 8.37. The molecule has 1 saturated heterocycles. The minimum atomic E-state index is -1.39. The molecule has 0 spiro atoms. The van der Waals surface area contributed by atoms with E-state index in [2.05, 4.69) is 10.9 Å². The van der Waals surface area contributed by atoms with Crippen LogP contribution < -0.4 is 10.9 Å². The van der Waals surface area contributed by atoms with Crippen LogP contribution in [-0.4, -0.2) is 34.6 Å². The first-order chi connectivity index (χ1) is 21.2. The van der Waals surface area contributed by atoms with Gasteiger partial charge in [0.15, 0.2) is 0 Å². The van der Waals surface area contributed by atoms with Gasteiger partial charge in [-0.2, -0.15) is 0 Å². The Balaban J connectivity index is 1.29. The topological polar surface area (TPSA) is 95.6 Å². The molecule has 44 heavy (non-hydrogen) atoms. The Morgan fingerprint density at radius 2 is 1.14 bits per heavy atom. The van der Waals surface area contributed by atoms with E-state index in [1.165, 1.54) is 6.07 Å². The van der Waals surface area contributed by atoms with Gasteiger partial charge in [-0.05, 0) is 39.9 Å². The minimum absolute atomic E-state index is 0.00394. The number of nitrogens with one attached hydrogen (secondary N) is 2. The van der Waals surface area contributed by atoms with E-state index >= 15 is 0 Å². The Morgan fingerprint density at radius 1 is 0.682 bits per heavy atom. The van der Waals surface area contributed by atoms with E-state index in [1.54, 1.807) is 42.5 Å². The maximum absolute atomic E-state index is 14.5. The summed E-state index contributed by atoms with van der Waals surface area (Å²) in [5.74, 6) is -4.75. The predicted molar refractivity (Wildman–Crippen MR) is 166 cm³/mol. The Hall–Kier alpha value is -4.17. The molecule has 0 aromatic heterocycles. The number of carbonyl (C=O) groups excluding carboxylic acids is 4. The second kappa shape index (κ2) is 10.5. The van der Waals surface area contributed by atoms with Crippen molar-refractivity contribution in [3.63, 3.8) is 0 Å². The van der Waals surface area contributed by atoms with E-state index in [-0.39, 0.29) is 17.0 Å². The van der Waals surface area contributed by atoms with Crippen molar-refractivity contribution in [2.75, 3.05) is 0 Å². The fourth-order valence-electron chi connectivity index (χ4n) is 7.05. The lowest BCUT2D eigenvalue weighted by molar-refractivity contribution is -0.148. The molecule has 4 aromatic rings. The molecule has 7 nitrogen and oxygen atoms in total. The summed E-state index contributed by atoms with van der Waals surface area (Å²) in [5, 5.41) is 0.198. The van der Waals surface area contributed by atoms with E-state index in [4.69, 9.17) is 34.8 Å². The predicted octanol–water partition coefficient (Wildman–Crippen LogP) is 5.31. The minimum Gasteiger partial charge on any atom is -0.274 e. The van der Waals surface area contributed by atoms with E-state index in [9.17, 15) is 19.2 Å². The van der Waals surface area contributed by atoms with Gasteiger partial charge >= 0.3 is 0 Å². The highest BCUT2D eigenvalue weighted by atomic mass is 35.5. The molecule has 1 aliphatic heterocycles. The molecular formula is C34H24Cl3N3O4. The number of hydrogen-bond donors (Lipinski definition) is 2. The monoisotopic (exact) mass is 643 g/mol. The number of nitrogens with zero attached hydrogens (tertiary/aromatic N) is 1. The molecule has 4 amide bonds. The van der Waals surface area contributed by atoms with E-state index in [0.717, 1.165) is 4.90 Å². The van der Waals surface area contributed by atoms with Crippen molar-refractivity contribution in [2.45, 2.75) is 22.2 Å². The first-order valence-electron chi connectivity index (χ1n) is 14.0. The molecule has 10 heteroatoms. The van der Waals surface area contributed by atoms with Gasteiger partial charge in [-0.3, -0.25) is 34.9 Å². The highest BCUT2D eigenvalue weighted by Gasteiger charge is 2.73. The number of amides is 4. The third-order valence-electron chi connectivity index (χ3n) is 8.92. The third-order valence-corrected chi connectivity index (χ3v) is 10.5. The first-order valence-corrected chi connectivity index (χ1v) is 15.2. The van der Waals surface area contributed by atoms with Gasteiger partial charge in [-0.15, -0.1) is 23.2 Å². The standard InChI is InChI=1S/C34H24Cl3N3O4/c35-25-17-9-4-12-20(25)29(41)38-39-30(42)26(18-19-10-2-1-3-11-19)40-31(43)27-28(32(40)44)34(37)22-14-6-5-13-21(22)33(27,36)23-15-7-8-16-24(23)34/h1-17,26-28H,18H2,(H,38,41)(H,39,42)/t26-,27-,28+,33?,34?/m0/s1. The summed E-state index contributed by atoms with van der Waals surface area (Å²) >= 11 is 21.3. The molecule has 1 fully saturated rings. The Morgan fingerprint density at radius 3 is 1.64 bits per heavy atom. The maximum atomic E-state index is 14.5. The van der Waals surface area contributed by atoms with Gasteiger partial charge in [0.2, 0.25) is 11.8 Å². The molecule has 3 atom stereocenters. The van der Waals surface area contributed by atoms with Crippen molar-refractivity contribution in [1.82, 2.24) is 15.8 Å². The van der Waals surface area contributed by atoms with Gasteiger partial charge in [-0.25, -0.2) is 0 Å². The van der Waals surface area contributed by atoms with Crippen LogP contribution in [0.3, 0.4) is 0 Å². The van der Waals surface area contributed by atoms with Crippen LogP contribution >= 0.6 is 34.8 Å². The number of benzene rings is 4. The zero-order chi connectivity index (χ0) is 30.8. The molecule has 2 bridgehead atoms. The maximum Gasteiger partial charge on any atom is 0.271 e. The molecule has 3 aliphatic carbocycles. The van der Waals surface area contributed by atoms with Crippen molar-refractivity contribution in [3.05, 3.63) is 142 Å². The molecule has 2 N–H and O–H groups in total. The third kappa shape index (κ3) is 3.96. The summed E-state index contributed by atoms with van der Waals surface area (Å²) in [6, 6.07) is 28.7. The molecule has 0 saturated carbocycles. The van der Waals surface area contributed by atoms with Crippen LogP contribution in [0.5, 0.6) is 0 Å². The largest absolute Gasteiger partial charge is 0.274 e. The molecule has 0 unspecified atom stereocenters. The van der Waals surface area contributed by atoms with Crippen LogP contribution in [0.2, 0.25) is 5.02 Å². The number of imide groups is 1. The number of halogens is 3. The van der Waals surface area contributed by atoms with Crippen LogP contribution in [0, 0.1) is 11.8 Å². The number of likely N-dealkylation sites (tertiary alicyclic amines) is 1. The second-order valence-corrected chi connectivity index (χ2v) is 12.7. The van der Waals surface area contributed by atoms with Crippen molar-refractivity contribution in [2.24, 2.45) is 11.8 Å². The lowest BCUT2D eigenvalue weighted by Gasteiger charge is -2.54. The average molecular weight is 645 g/mol. The van der Waals surface area contributed by atoms with Gasteiger partial charge in [0.1, 0.15) is 15.8 Å². The smallest absolute Gasteiger partial charge is 0.271 e. The van der Waals surface area contributed by atoms with Crippen molar-refractivity contribution in [1.29, 1.82) is 0 Å².